The lowest BCUT2D eigenvalue weighted by Crippen LogP contribution is -2.24. The van der Waals surface area contributed by atoms with E-state index in [1.54, 1.807) is 6.92 Å². The van der Waals surface area contributed by atoms with Gasteiger partial charge in [0.2, 0.25) is 0 Å². The van der Waals surface area contributed by atoms with E-state index in [4.69, 9.17) is 14.7 Å². The molecule has 1 rings (SSSR count). The highest BCUT2D eigenvalue weighted by molar-refractivity contribution is 5.91. The van der Waals surface area contributed by atoms with Gasteiger partial charge in [0.25, 0.3) is 5.91 Å². The minimum Gasteiger partial charge on any atom is -0.478 e. The SMILES string of the molecule is C=C(C)C(=O)NOCCCC.C=C(CC1CO1)C(=O)OC.C=CC(=O)O. The molecule has 2 N–H and O–H groups in total. The Morgan fingerprint density at radius 2 is 1.88 bits per heavy atom. The smallest absolute Gasteiger partial charge is 0.333 e. The average molecular weight is 371 g/mol. The summed E-state index contributed by atoms with van der Waals surface area (Å²) in [6.45, 7) is 15.0. The molecule has 1 fully saturated rings. The molecule has 26 heavy (non-hydrogen) atoms. The van der Waals surface area contributed by atoms with Crippen LogP contribution in [0, 0.1) is 0 Å². The molecule has 1 heterocycles. The molecule has 1 saturated heterocycles. The molecule has 1 unspecified atom stereocenters. The quantitative estimate of drug-likeness (QED) is 0.210. The number of nitrogens with one attached hydrogen (secondary N) is 1. The first-order chi connectivity index (χ1) is 12.2. The first kappa shape index (κ1) is 25.8. The summed E-state index contributed by atoms with van der Waals surface area (Å²) in [7, 11) is 1.35. The number of rotatable bonds is 9. The Hall–Kier alpha value is -2.45. The number of methoxy groups -OCH3 is 1. The Kier molecular flexibility index (Phi) is 15.9. The van der Waals surface area contributed by atoms with E-state index in [9.17, 15) is 14.4 Å². The van der Waals surface area contributed by atoms with Crippen molar-refractivity contribution < 1.29 is 33.8 Å². The lowest BCUT2D eigenvalue weighted by atomic mass is 10.2. The summed E-state index contributed by atoms with van der Waals surface area (Å²) in [6, 6.07) is 0. The Morgan fingerprint density at radius 1 is 1.35 bits per heavy atom. The number of epoxide rings is 1. The Labute approximate surface area is 154 Å². The van der Waals surface area contributed by atoms with E-state index < -0.39 is 5.97 Å². The zero-order valence-corrected chi connectivity index (χ0v) is 15.7. The molecule has 0 aromatic rings. The second-order valence-corrected chi connectivity index (χ2v) is 5.21. The van der Waals surface area contributed by atoms with Gasteiger partial charge in [0.15, 0.2) is 0 Å². The van der Waals surface area contributed by atoms with Gasteiger partial charge in [0.05, 0.1) is 26.4 Å². The van der Waals surface area contributed by atoms with Gasteiger partial charge in [-0.25, -0.2) is 15.1 Å². The van der Waals surface area contributed by atoms with Crippen LogP contribution in [0.15, 0.2) is 37.0 Å². The van der Waals surface area contributed by atoms with Gasteiger partial charge >= 0.3 is 11.9 Å². The largest absolute Gasteiger partial charge is 0.478 e. The minimum atomic E-state index is -0.981. The van der Waals surface area contributed by atoms with Crippen LogP contribution in [0.25, 0.3) is 0 Å². The number of amides is 1. The maximum absolute atomic E-state index is 10.8. The lowest BCUT2D eigenvalue weighted by molar-refractivity contribution is -0.136. The highest BCUT2D eigenvalue weighted by Crippen LogP contribution is 2.18. The predicted octanol–water partition coefficient (Wildman–Crippen LogP) is 2.17. The molecular weight excluding hydrogens is 342 g/mol. The number of carboxylic acids is 1. The van der Waals surface area contributed by atoms with Crippen LogP contribution >= 0.6 is 0 Å². The summed E-state index contributed by atoms with van der Waals surface area (Å²) in [4.78, 5) is 35.6. The highest BCUT2D eigenvalue weighted by atomic mass is 16.6. The molecule has 0 radical (unpaired) electrons. The summed E-state index contributed by atoms with van der Waals surface area (Å²) in [5, 5.41) is 7.60. The van der Waals surface area contributed by atoms with Crippen LogP contribution in [0.2, 0.25) is 0 Å². The van der Waals surface area contributed by atoms with E-state index in [0.29, 0.717) is 24.2 Å². The van der Waals surface area contributed by atoms with Gasteiger partial charge in [0, 0.05) is 23.6 Å². The van der Waals surface area contributed by atoms with Crippen LogP contribution in [0.1, 0.15) is 33.1 Å². The molecule has 1 atom stereocenters. The molecule has 0 bridgehead atoms. The normalized spacial score (nSPS) is 13.6. The molecule has 8 nitrogen and oxygen atoms in total. The van der Waals surface area contributed by atoms with Crippen molar-refractivity contribution >= 4 is 17.8 Å². The summed E-state index contributed by atoms with van der Waals surface area (Å²) < 4.78 is 9.35. The fourth-order valence-electron chi connectivity index (χ4n) is 1.11. The molecule has 148 valence electrons. The summed E-state index contributed by atoms with van der Waals surface area (Å²) in [5.41, 5.74) is 3.23. The first-order valence-corrected chi connectivity index (χ1v) is 8.00. The number of ether oxygens (including phenoxy) is 2. The van der Waals surface area contributed by atoms with Crippen molar-refractivity contribution in [3.63, 3.8) is 0 Å². The van der Waals surface area contributed by atoms with E-state index in [1.807, 2.05) is 0 Å². The maximum Gasteiger partial charge on any atom is 0.333 e. The standard InChI is InChI=1S/C8H15NO2.C7H10O3.C3H4O2/c1-4-5-6-11-9-8(10)7(2)3;1-5(7(8)9-2)3-6-4-10-6;1-2-3(4)5/h2,4-6H2,1,3H3,(H,9,10);6H,1,3-4H2,2H3;2H,1H2,(H,4,5). The number of aliphatic carboxylic acids is 1. The predicted molar refractivity (Wildman–Crippen MR) is 97.2 cm³/mol. The zero-order chi connectivity index (χ0) is 20.5. The van der Waals surface area contributed by atoms with E-state index >= 15 is 0 Å². The Bertz CT molecular complexity index is 496. The average Bonchev–Trinajstić information content (AvgIpc) is 3.42. The van der Waals surface area contributed by atoms with Crippen LogP contribution in [0.5, 0.6) is 0 Å². The molecule has 1 amide bonds. The van der Waals surface area contributed by atoms with Crippen LogP contribution in [-0.2, 0) is 28.7 Å². The number of hydrogen-bond donors (Lipinski definition) is 2. The van der Waals surface area contributed by atoms with E-state index in [0.717, 1.165) is 25.5 Å². The Morgan fingerprint density at radius 3 is 2.23 bits per heavy atom. The van der Waals surface area contributed by atoms with Gasteiger partial charge in [-0.1, -0.05) is 33.1 Å². The molecule has 1 aliphatic rings. The third-order valence-electron chi connectivity index (χ3n) is 2.68. The van der Waals surface area contributed by atoms with Crippen molar-refractivity contribution in [2.45, 2.75) is 39.2 Å². The van der Waals surface area contributed by atoms with Gasteiger partial charge in [-0.05, 0) is 13.3 Å². The van der Waals surface area contributed by atoms with Crippen LogP contribution in [0.4, 0.5) is 0 Å². The van der Waals surface area contributed by atoms with Crippen molar-refractivity contribution in [1.29, 1.82) is 0 Å². The molecule has 1 aliphatic heterocycles. The monoisotopic (exact) mass is 371 g/mol. The third kappa shape index (κ3) is 17.9. The highest BCUT2D eigenvalue weighted by Gasteiger charge is 2.25. The van der Waals surface area contributed by atoms with Gasteiger partial charge < -0.3 is 14.6 Å². The zero-order valence-electron chi connectivity index (χ0n) is 15.7. The van der Waals surface area contributed by atoms with Crippen molar-refractivity contribution in [3.05, 3.63) is 37.0 Å². The maximum atomic E-state index is 10.8. The number of carbonyl (C=O) groups excluding carboxylic acids is 2. The van der Waals surface area contributed by atoms with Crippen LogP contribution < -0.4 is 5.48 Å². The van der Waals surface area contributed by atoms with Gasteiger partial charge in [-0.3, -0.25) is 9.63 Å². The molecule has 0 aromatic carbocycles. The van der Waals surface area contributed by atoms with Gasteiger partial charge in [-0.15, -0.1) is 0 Å². The fraction of sp³-hybridized carbons (Fsp3) is 0.500. The number of hydrogen-bond acceptors (Lipinski definition) is 6. The molecule has 0 aliphatic carbocycles. The summed E-state index contributed by atoms with van der Waals surface area (Å²) in [6.07, 6.45) is 3.66. The summed E-state index contributed by atoms with van der Waals surface area (Å²) >= 11 is 0. The van der Waals surface area contributed by atoms with E-state index in [-0.39, 0.29) is 18.0 Å². The van der Waals surface area contributed by atoms with E-state index in [1.165, 1.54) is 7.11 Å². The number of hydroxylamine groups is 1. The first-order valence-electron chi connectivity index (χ1n) is 8.00. The van der Waals surface area contributed by atoms with Crippen molar-refractivity contribution in [2.24, 2.45) is 0 Å². The molecule has 0 aromatic heterocycles. The van der Waals surface area contributed by atoms with Crippen molar-refractivity contribution in [3.8, 4) is 0 Å². The topological polar surface area (TPSA) is 114 Å². The van der Waals surface area contributed by atoms with Crippen LogP contribution in [0.3, 0.4) is 0 Å². The second kappa shape index (κ2) is 16.0. The number of carboxylic acid groups (broad SMARTS) is 1. The lowest BCUT2D eigenvalue weighted by Gasteiger charge is -2.03. The molecule has 8 heteroatoms. The van der Waals surface area contributed by atoms with Crippen molar-refractivity contribution in [1.82, 2.24) is 5.48 Å². The number of esters is 1. The number of carbonyl (C=O) groups is 3. The molecule has 0 saturated carbocycles. The number of unbranched alkanes of at least 4 members (excludes halogenated alkanes) is 1. The third-order valence-corrected chi connectivity index (χ3v) is 2.68. The molecule has 0 spiro atoms. The van der Waals surface area contributed by atoms with Gasteiger partial charge in [0.1, 0.15) is 0 Å². The molecular formula is C18H29NO7. The second-order valence-electron chi connectivity index (χ2n) is 5.21. The minimum absolute atomic E-state index is 0.214. The summed E-state index contributed by atoms with van der Waals surface area (Å²) in [5.74, 6) is -1.57. The Balaban J connectivity index is 0. The van der Waals surface area contributed by atoms with Crippen LogP contribution in [-0.4, -0.2) is 49.4 Å². The van der Waals surface area contributed by atoms with E-state index in [2.05, 4.69) is 36.9 Å². The fourth-order valence-corrected chi connectivity index (χ4v) is 1.11. The van der Waals surface area contributed by atoms with Gasteiger partial charge in [-0.2, -0.15) is 0 Å². The van der Waals surface area contributed by atoms with Crippen molar-refractivity contribution in [2.75, 3.05) is 20.3 Å².